The molecular formula is C16H18N4OS2. The molecule has 23 heavy (non-hydrogen) atoms. The highest BCUT2D eigenvalue weighted by Gasteiger charge is 2.16. The molecule has 7 heteroatoms. The third-order valence-corrected chi connectivity index (χ3v) is 5.40. The van der Waals surface area contributed by atoms with Gasteiger partial charge in [-0.1, -0.05) is 6.07 Å². The molecule has 0 unspecified atom stereocenters. The fourth-order valence-corrected chi connectivity index (χ4v) is 3.91. The smallest absolute Gasteiger partial charge is 0.273 e. The molecule has 0 spiro atoms. The Kier molecular flexibility index (Phi) is 4.88. The molecule has 3 aromatic heterocycles. The number of carbonyl (C=O) groups is 1. The summed E-state index contributed by atoms with van der Waals surface area (Å²) in [5.41, 5.74) is 1.73. The Balaban J connectivity index is 1.55. The quantitative estimate of drug-likeness (QED) is 0.688. The molecule has 0 bridgehead atoms. The van der Waals surface area contributed by atoms with Gasteiger partial charge in [-0.15, -0.1) is 22.7 Å². The summed E-state index contributed by atoms with van der Waals surface area (Å²) in [7, 11) is 3.74. The summed E-state index contributed by atoms with van der Waals surface area (Å²) < 4.78 is 1.80. The van der Waals surface area contributed by atoms with Crippen molar-refractivity contribution in [1.82, 2.24) is 19.7 Å². The Morgan fingerprint density at radius 2 is 2.26 bits per heavy atom. The summed E-state index contributed by atoms with van der Waals surface area (Å²) in [4.78, 5) is 19.7. The lowest BCUT2D eigenvalue weighted by Gasteiger charge is -2.15. The third kappa shape index (κ3) is 3.86. The summed E-state index contributed by atoms with van der Waals surface area (Å²) in [5.74, 6) is -0.0183. The lowest BCUT2D eigenvalue weighted by Crippen LogP contribution is -2.28. The van der Waals surface area contributed by atoms with Gasteiger partial charge in [0.1, 0.15) is 10.7 Å². The van der Waals surface area contributed by atoms with E-state index in [4.69, 9.17) is 0 Å². The first-order valence-electron chi connectivity index (χ1n) is 7.36. The summed E-state index contributed by atoms with van der Waals surface area (Å²) in [5, 5.41) is 8.92. The van der Waals surface area contributed by atoms with E-state index in [0.29, 0.717) is 12.2 Å². The van der Waals surface area contributed by atoms with Crippen LogP contribution < -0.4 is 0 Å². The SMILES string of the molecule is CN(CCCc1cnn(C)c1)C(=O)c1csc(-c2cccs2)n1. The van der Waals surface area contributed by atoms with Gasteiger partial charge in [-0.05, 0) is 29.9 Å². The summed E-state index contributed by atoms with van der Waals surface area (Å²) >= 11 is 3.16. The maximum absolute atomic E-state index is 12.4. The van der Waals surface area contributed by atoms with Crippen LogP contribution in [0.1, 0.15) is 22.5 Å². The Morgan fingerprint density at radius 1 is 1.39 bits per heavy atom. The van der Waals surface area contributed by atoms with E-state index >= 15 is 0 Å². The minimum Gasteiger partial charge on any atom is -0.340 e. The summed E-state index contributed by atoms with van der Waals surface area (Å²) in [6, 6.07) is 4.02. The lowest BCUT2D eigenvalue weighted by atomic mass is 10.2. The molecule has 0 radical (unpaired) electrons. The second-order valence-electron chi connectivity index (χ2n) is 5.37. The number of thiophene rings is 1. The number of amides is 1. The molecular weight excluding hydrogens is 328 g/mol. The predicted molar refractivity (Wildman–Crippen MR) is 93.9 cm³/mol. The average molecular weight is 346 g/mol. The predicted octanol–water partition coefficient (Wildman–Crippen LogP) is 3.31. The Morgan fingerprint density at radius 3 is 2.96 bits per heavy atom. The van der Waals surface area contributed by atoms with Gasteiger partial charge in [-0.25, -0.2) is 4.98 Å². The van der Waals surface area contributed by atoms with Crippen LogP contribution in [0.2, 0.25) is 0 Å². The number of nitrogens with zero attached hydrogens (tertiary/aromatic N) is 4. The molecule has 0 saturated carbocycles. The molecule has 0 fully saturated rings. The number of aromatic nitrogens is 3. The maximum Gasteiger partial charge on any atom is 0.273 e. The van der Waals surface area contributed by atoms with Crippen molar-refractivity contribution in [3.05, 3.63) is 46.5 Å². The van der Waals surface area contributed by atoms with Gasteiger partial charge in [0, 0.05) is 32.2 Å². The van der Waals surface area contributed by atoms with Crippen LogP contribution in [0.5, 0.6) is 0 Å². The molecule has 0 aromatic carbocycles. The van der Waals surface area contributed by atoms with Crippen LogP contribution in [0.4, 0.5) is 0 Å². The highest BCUT2D eigenvalue weighted by atomic mass is 32.1. The highest BCUT2D eigenvalue weighted by Crippen LogP contribution is 2.28. The first kappa shape index (κ1) is 15.9. The standard InChI is InChI=1S/C16H18N4OS2/c1-19(7-3-5-12-9-17-20(2)10-12)16(21)13-11-23-15(18-13)14-6-4-8-22-14/h4,6,8-11H,3,5,7H2,1-2H3. The molecule has 3 heterocycles. The third-order valence-electron chi connectivity index (χ3n) is 3.52. The van der Waals surface area contributed by atoms with Gasteiger partial charge in [-0.2, -0.15) is 5.10 Å². The fourth-order valence-electron chi connectivity index (χ4n) is 2.30. The fraction of sp³-hybridized carbons (Fsp3) is 0.312. The van der Waals surface area contributed by atoms with E-state index in [1.165, 1.54) is 16.9 Å². The van der Waals surface area contributed by atoms with E-state index in [2.05, 4.69) is 10.1 Å². The van der Waals surface area contributed by atoms with E-state index < -0.39 is 0 Å². The Labute approximate surface area is 143 Å². The molecule has 0 aliphatic carbocycles. The number of thiazole rings is 1. The molecule has 120 valence electrons. The van der Waals surface area contributed by atoms with Crippen molar-refractivity contribution in [3.63, 3.8) is 0 Å². The molecule has 0 aliphatic rings. The first-order valence-corrected chi connectivity index (χ1v) is 9.12. The molecule has 0 saturated heterocycles. The number of rotatable bonds is 6. The monoisotopic (exact) mass is 346 g/mol. The normalized spacial score (nSPS) is 10.9. The highest BCUT2D eigenvalue weighted by molar-refractivity contribution is 7.20. The van der Waals surface area contributed by atoms with Crippen LogP contribution in [0.25, 0.3) is 9.88 Å². The van der Waals surface area contributed by atoms with Gasteiger partial charge in [0.2, 0.25) is 0 Å². The molecule has 0 aliphatic heterocycles. The number of hydrogen-bond acceptors (Lipinski definition) is 5. The summed E-state index contributed by atoms with van der Waals surface area (Å²) in [6.07, 6.45) is 5.71. The van der Waals surface area contributed by atoms with E-state index in [1.54, 1.807) is 20.9 Å². The number of hydrogen-bond donors (Lipinski definition) is 0. The van der Waals surface area contributed by atoms with Gasteiger partial charge >= 0.3 is 0 Å². The molecule has 3 rings (SSSR count). The zero-order valence-electron chi connectivity index (χ0n) is 13.1. The van der Waals surface area contributed by atoms with Gasteiger partial charge in [-0.3, -0.25) is 9.48 Å². The van der Waals surface area contributed by atoms with Crippen molar-refractivity contribution in [2.24, 2.45) is 7.05 Å². The van der Waals surface area contributed by atoms with Crippen molar-refractivity contribution < 1.29 is 4.79 Å². The van der Waals surface area contributed by atoms with E-state index in [-0.39, 0.29) is 5.91 Å². The number of carbonyl (C=O) groups excluding carboxylic acids is 1. The van der Waals surface area contributed by atoms with Crippen molar-refractivity contribution in [2.75, 3.05) is 13.6 Å². The summed E-state index contributed by atoms with van der Waals surface area (Å²) in [6.45, 7) is 0.708. The lowest BCUT2D eigenvalue weighted by molar-refractivity contribution is 0.0788. The van der Waals surface area contributed by atoms with Crippen LogP contribution in [0.3, 0.4) is 0 Å². The van der Waals surface area contributed by atoms with Crippen molar-refractivity contribution >= 4 is 28.6 Å². The molecule has 1 amide bonds. The zero-order valence-corrected chi connectivity index (χ0v) is 14.7. The van der Waals surface area contributed by atoms with E-state index in [9.17, 15) is 4.79 Å². The minimum absolute atomic E-state index is 0.0183. The molecule has 0 atom stereocenters. The van der Waals surface area contributed by atoms with Crippen molar-refractivity contribution in [3.8, 4) is 9.88 Å². The molecule has 5 nitrogen and oxygen atoms in total. The van der Waals surface area contributed by atoms with Crippen molar-refractivity contribution in [1.29, 1.82) is 0 Å². The van der Waals surface area contributed by atoms with Crippen LogP contribution >= 0.6 is 22.7 Å². The van der Waals surface area contributed by atoms with Crippen LogP contribution in [0.15, 0.2) is 35.3 Å². The molecule has 3 aromatic rings. The van der Waals surface area contributed by atoms with Gasteiger partial charge < -0.3 is 4.90 Å². The second-order valence-corrected chi connectivity index (χ2v) is 7.17. The maximum atomic E-state index is 12.4. The van der Waals surface area contributed by atoms with E-state index in [0.717, 1.165) is 22.7 Å². The Hall–Kier alpha value is -1.99. The topological polar surface area (TPSA) is 51.0 Å². The minimum atomic E-state index is -0.0183. The number of aryl methyl sites for hydroxylation is 2. The Bertz CT molecular complexity index is 776. The largest absolute Gasteiger partial charge is 0.340 e. The average Bonchev–Trinajstić information content (AvgIpc) is 3.27. The van der Waals surface area contributed by atoms with Crippen LogP contribution in [-0.2, 0) is 13.5 Å². The van der Waals surface area contributed by atoms with Crippen LogP contribution in [-0.4, -0.2) is 39.2 Å². The van der Waals surface area contributed by atoms with Crippen LogP contribution in [0, 0.1) is 0 Å². The second kappa shape index (κ2) is 7.06. The molecule has 0 N–H and O–H groups in total. The first-order chi connectivity index (χ1) is 11.1. The van der Waals surface area contributed by atoms with Gasteiger partial charge in [0.15, 0.2) is 0 Å². The van der Waals surface area contributed by atoms with Gasteiger partial charge in [0.05, 0.1) is 11.1 Å². The van der Waals surface area contributed by atoms with Crippen molar-refractivity contribution in [2.45, 2.75) is 12.8 Å². The van der Waals surface area contributed by atoms with Gasteiger partial charge in [0.25, 0.3) is 5.91 Å². The van der Waals surface area contributed by atoms with E-state index in [1.807, 2.05) is 49.4 Å². The zero-order chi connectivity index (χ0) is 16.2.